The predicted molar refractivity (Wildman–Crippen MR) is 95.7 cm³/mol. The third kappa shape index (κ3) is 2.15. The Morgan fingerprint density at radius 1 is 0.960 bits per heavy atom. The summed E-state index contributed by atoms with van der Waals surface area (Å²) in [6.45, 7) is 6.07. The minimum Gasteiger partial charge on any atom is -0.352 e. The molecule has 3 aliphatic rings. The molecule has 2 unspecified atom stereocenters. The van der Waals surface area contributed by atoms with Gasteiger partial charge in [0.25, 0.3) is 0 Å². The molecule has 0 amide bonds. The Kier molecular flexibility index (Phi) is 3.10. The zero-order valence-electron chi connectivity index (χ0n) is 14.3. The summed E-state index contributed by atoms with van der Waals surface area (Å²) in [6, 6.07) is 2.92. The molecule has 25 heavy (non-hydrogen) atoms. The number of hydrogen-bond donors (Lipinski definition) is 0. The SMILES string of the molecule is Cc1ncnc(N2CC3CC(C2)N3c2ncnc3cnccc23)c1C. The molecule has 0 radical (unpaired) electrons. The number of hydrogen-bond acceptors (Lipinski definition) is 7. The number of nitrogens with zero attached hydrogens (tertiary/aromatic N) is 7. The average Bonchev–Trinajstić information content (AvgIpc) is 2.64. The van der Waals surface area contributed by atoms with Crippen LogP contribution in [0.1, 0.15) is 17.7 Å². The van der Waals surface area contributed by atoms with Gasteiger partial charge >= 0.3 is 0 Å². The van der Waals surface area contributed by atoms with E-state index in [2.05, 4.69) is 41.6 Å². The molecule has 2 atom stereocenters. The first kappa shape index (κ1) is 14.5. The Balaban J connectivity index is 1.46. The summed E-state index contributed by atoms with van der Waals surface area (Å²) in [4.78, 5) is 26.7. The van der Waals surface area contributed by atoms with Crippen LogP contribution in [0, 0.1) is 13.8 Å². The monoisotopic (exact) mass is 333 g/mol. The second-order valence-electron chi connectivity index (χ2n) is 6.85. The van der Waals surface area contributed by atoms with Crippen LogP contribution >= 0.6 is 0 Å². The van der Waals surface area contributed by atoms with Crippen molar-refractivity contribution in [3.05, 3.63) is 42.4 Å². The second kappa shape index (κ2) is 5.34. The number of piperazine rings is 1. The van der Waals surface area contributed by atoms with Crippen LogP contribution in [0.5, 0.6) is 0 Å². The van der Waals surface area contributed by atoms with E-state index in [1.165, 1.54) is 12.0 Å². The summed E-state index contributed by atoms with van der Waals surface area (Å²) >= 11 is 0. The summed E-state index contributed by atoms with van der Waals surface area (Å²) in [6.07, 6.45) is 8.12. The van der Waals surface area contributed by atoms with Crippen molar-refractivity contribution in [1.29, 1.82) is 0 Å². The molecular weight excluding hydrogens is 314 g/mol. The average molecular weight is 333 g/mol. The number of aromatic nitrogens is 5. The topological polar surface area (TPSA) is 70.9 Å². The van der Waals surface area contributed by atoms with Gasteiger partial charge in [0.05, 0.1) is 23.8 Å². The van der Waals surface area contributed by atoms with Gasteiger partial charge in [-0.1, -0.05) is 0 Å². The van der Waals surface area contributed by atoms with E-state index in [1.54, 1.807) is 18.9 Å². The van der Waals surface area contributed by atoms with Crippen LogP contribution in [0.15, 0.2) is 31.1 Å². The van der Waals surface area contributed by atoms with E-state index in [9.17, 15) is 0 Å². The zero-order chi connectivity index (χ0) is 17.0. The maximum absolute atomic E-state index is 4.58. The van der Waals surface area contributed by atoms with Crippen molar-refractivity contribution in [1.82, 2.24) is 24.9 Å². The molecule has 3 aliphatic heterocycles. The predicted octanol–water partition coefficient (Wildman–Crippen LogP) is 1.90. The summed E-state index contributed by atoms with van der Waals surface area (Å²) in [7, 11) is 0. The van der Waals surface area contributed by atoms with Gasteiger partial charge in [-0.05, 0) is 26.3 Å². The summed E-state index contributed by atoms with van der Waals surface area (Å²) in [5.74, 6) is 2.10. The fraction of sp³-hybridized carbons (Fsp3) is 0.389. The summed E-state index contributed by atoms with van der Waals surface area (Å²) in [5, 5.41) is 1.08. The molecular formula is C18H19N7. The van der Waals surface area contributed by atoms with Crippen LogP contribution in [0.3, 0.4) is 0 Å². The molecule has 3 saturated heterocycles. The number of anilines is 2. The molecule has 0 saturated carbocycles. The molecule has 7 nitrogen and oxygen atoms in total. The molecule has 6 heterocycles. The van der Waals surface area contributed by atoms with Gasteiger partial charge in [-0.2, -0.15) is 0 Å². The first-order chi connectivity index (χ1) is 12.2. The highest BCUT2D eigenvalue weighted by Crippen LogP contribution is 2.40. The third-order valence-corrected chi connectivity index (χ3v) is 5.46. The van der Waals surface area contributed by atoms with Gasteiger partial charge in [0.15, 0.2) is 0 Å². The lowest BCUT2D eigenvalue weighted by Crippen LogP contribution is -2.69. The highest BCUT2D eigenvalue weighted by molar-refractivity contribution is 5.89. The van der Waals surface area contributed by atoms with Crippen LogP contribution in [0.4, 0.5) is 11.6 Å². The summed E-state index contributed by atoms with van der Waals surface area (Å²) in [5.41, 5.74) is 3.13. The molecule has 3 fully saturated rings. The number of pyridine rings is 1. The lowest BCUT2D eigenvalue weighted by Gasteiger charge is -2.57. The van der Waals surface area contributed by atoms with Gasteiger partial charge in [-0.25, -0.2) is 19.9 Å². The molecule has 0 spiro atoms. The highest BCUT2D eigenvalue weighted by atomic mass is 15.4. The van der Waals surface area contributed by atoms with Crippen molar-refractivity contribution in [3.63, 3.8) is 0 Å². The normalized spacial score (nSPS) is 22.2. The molecule has 6 rings (SSSR count). The summed E-state index contributed by atoms with van der Waals surface area (Å²) < 4.78 is 0. The molecule has 0 aliphatic carbocycles. The number of rotatable bonds is 2. The molecule has 126 valence electrons. The Hall–Kier alpha value is -2.83. The lowest BCUT2D eigenvalue weighted by molar-refractivity contribution is 0.288. The molecule has 3 aromatic heterocycles. The lowest BCUT2D eigenvalue weighted by atomic mass is 9.87. The molecule has 7 heteroatoms. The van der Waals surface area contributed by atoms with Crippen LogP contribution in [-0.2, 0) is 0 Å². The second-order valence-corrected chi connectivity index (χ2v) is 6.85. The van der Waals surface area contributed by atoms with Gasteiger partial charge < -0.3 is 9.80 Å². The van der Waals surface area contributed by atoms with Crippen molar-refractivity contribution in [2.75, 3.05) is 22.9 Å². The van der Waals surface area contributed by atoms with Crippen LogP contribution in [0.2, 0.25) is 0 Å². The van der Waals surface area contributed by atoms with Gasteiger partial charge in [-0.15, -0.1) is 0 Å². The van der Waals surface area contributed by atoms with Gasteiger partial charge in [0, 0.05) is 35.9 Å². The van der Waals surface area contributed by atoms with E-state index in [0.717, 1.165) is 41.3 Å². The Morgan fingerprint density at radius 3 is 2.56 bits per heavy atom. The standard InChI is InChI=1S/C18H19N7/c1-11-12(2)20-9-22-17(11)24-7-13-5-14(8-24)25(13)18-15-3-4-19-6-16(15)21-10-23-18/h3-4,6,9-10,13-14H,5,7-8H2,1-2H3. The Labute approximate surface area is 145 Å². The Morgan fingerprint density at radius 2 is 1.72 bits per heavy atom. The number of piperidine rings is 1. The minimum absolute atomic E-state index is 0.458. The van der Waals surface area contributed by atoms with E-state index in [4.69, 9.17) is 0 Å². The number of aryl methyl sites for hydroxylation is 1. The quantitative estimate of drug-likeness (QED) is 0.709. The van der Waals surface area contributed by atoms with E-state index in [-0.39, 0.29) is 0 Å². The third-order valence-electron chi connectivity index (χ3n) is 5.46. The molecule has 2 bridgehead atoms. The van der Waals surface area contributed by atoms with Gasteiger partial charge in [0.2, 0.25) is 0 Å². The van der Waals surface area contributed by atoms with Crippen LogP contribution in [0.25, 0.3) is 10.9 Å². The van der Waals surface area contributed by atoms with E-state index < -0.39 is 0 Å². The Bertz CT molecular complexity index is 940. The van der Waals surface area contributed by atoms with Crippen LogP contribution in [-0.4, -0.2) is 50.1 Å². The van der Waals surface area contributed by atoms with Crippen molar-refractivity contribution in [2.45, 2.75) is 32.4 Å². The van der Waals surface area contributed by atoms with Crippen molar-refractivity contribution >= 4 is 22.5 Å². The molecule has 0 N–H and O–H groups in total. The van der Waals surface area contributed by atoms with E-state index >= 15 is 0 Å². The maximum Gasteiger partial charge on any atom is 0.140 e. The van der Waals surface area contributed by atoms with Crippen molar-refractivity contribution in [3.8, 4) is 0 Å². The zero-order valence-corrected chi connectivity index (χ0v) is 14.3. The first-order valence-corrected chi connectivity index (χ1v) is 8.58. The van der Waals surface area contributed by atoms with Crippen molar-refractivity contribution < 1.29 is 0 Å². The first-order valence-electron chi connectivity index (χ1n) is 8.58. The van der Waals surface area contributed by atoms with Crippen molar-refractivity contribution in [2.24, 2.45) is 0 Å². The van der Waals surface area contributed by atoms with E-state index in [0.29, 0.717) is 12.1 Å². The smallest absolute Gasteiger partial charge is 0.140 e. The van der Waals surface area contributed by atoms with Gasteiger partial charge in [0.1, 0.15) is 24.3 Å². The molecule has 3 aromatic rings. The van der Waals surface area contributed by atoms with E-state index in [1.807, 2.05) is 19.2 Å². The van der Waals surface area contributed by atoms with Crippen LogP contribution < -0.4 is 9.80 Å². The van der Waals surface area contributed by atoms with Gasteiger partial charge in [-0.3, -0.25) is 4.98 Å². The minimum atomic E-state index is 0.458. The largest absolute Gasteiger partial charge is 0.352 e. The number of fused-ring (bicyclic) bond motifs is 3. The maximum atomic E-state index is 4.58. The molecule has 0 aromatic carbocycles. The fourth-order valence-electron chi connectivity index (χ4n) is 4.07. The fourth-order valence-corrected chi connectivity index (χ4v) is 4.07. The highest BCUT2D eigenvalue weighted by Gasteiger charge is 2.46.